The number of halogens is 2. The van der Waals surface area contributed by atoms with Gasteiger partial charge in [0, 0.05) is 0 Å². The van der Waals surface area contributed by atoms with Crippen molar-refractivity contribution in [3.05, 3.63) is 57.9 Å². The molecule has 0 unspecified atom stereocenters. The van der Waals surface area contributed by atoms with Crippen LogP contribution in [-0.4, -0.2) is 51.3 Å². The molecule has 2 aromatic heterocycles. The Labute approximate surface area is 230 Å². The van der Waals surface area contributed by atoms with Crippen LogP contribution in [0, 0.1) is 0 Å². The monoisotopic (exact) mass is 756 g/mol. The minimum atomic E-state index is -6.06. The summed E-state index contributed by atoms with van der Waals surface area (Å²) in [7, 11) is 0. The molecular weight excluding hydrogens is 741 g/mol. The molecule has 15 nitrogen and oxygen atoms in total. The summed E-state index contributed by atoms with van der Waals surface area (Å²) in [6.07, 6.45) is 4.03. The second-order valence-corrected chi connectivity index (χ2v) is 10.2. The van der Waals surface area contributed by atoms with Gasteiger partial charge in [-0.2, -0.15) is 0 Å². The first kappa shape index (κ1) is 29.3. The van der Waals surface area contributed by atoms with Gasteiger partial charge in [0.15, 0.2) is 64.6 Å². The average molecular weight is 756 g/mol. The fourth-order valence-electron chi connectivity index (χ4n) is 2.78. The van der Waals surface area contributed by atoms with E-state index in [9.17, 15) is 14.4 Å². The predicted octanol–water partition coefficient (Wildman–Crippen LogP) is 2.43. The van der Waals surface area contributed by atoms with Gasteiger partial charge in [-0.25, -0.2) is 19.9 Å². The maximum atomic E-state index is 11.3. The molecule has 0 bridgehead atoms. The van der Waals surface area contributed by atoms with Crippen LogP contribution in [0.15, 0.2) is 30.3 Å². The number of carbonyl (C=O) groups is 3. The van der Waals surface area contributed by atoms with Crippen molar-refractivity contribution in [2.75, 3.05) is 23.8 Å². The normalized spacial score (nSPS) is 13.5. The summed E-state index contributed by atoms with van der Waals surface area (Å²) in [6.45, 7) is -0.203. The molecule has 2 aliphatic heterocycles. The molecule has 0 saturated carbocycles. The molecule has 1 aromatic carbocycles. The number of ether oxygens (including phenoxy) is 2. The van der Waals surface area contributed by atoms with Crippen molar-refractivity contribution < 1.29 is 52.9 Å². The Morgan fingerprint density at radius 3 is 1.69 bits per heavy atom. The molecule has 4 heterocycles. The van der Waals surface area contributed by atoms with Crippen molar-refractivity contribution in [2.24, 2.45) is 0 Å². The van der Waals surface area contributed by atoms with Gasteiger partial charge in [0.2, 0.25) is 0 Å². The number of rotatable bonds is 3. The number of nitrogens with zero attached hydrogens (tertiary/aromatic N) is 4. The van der Waals surface area contributed by atoms with Crippen LogP contribution < -0.4 is 20.1 Å². The SMILES string of the molecule is O=C1COc2c(Cl)nc(/C=C\c3ccccc3)nc2N1.O=Cc1nc(Cl)c2c(n1)NC(=O)CO2.[O]=[Os](=[O])(=[O])=[O]. The number of hydrogen-bond acceptors (Lipinski definition) is 13. The van der Waals surface area contributed by atoms with Crippen LogP contribution in [0.4, 0.5) is 11.6 Å². The van der Waals surface area contributed by atoms with Crippen LogP contribution in [0.1, 0.15) is 22.0 Å². The minimum absolute atomic E-state index is 0.0112. The van der Waals surface area contributed by atoms with Gasteiger partial charge in [-0.3, -0.25) is 14.4 Å². The van der Waals surface area contributed by atoms with E-state index < -0.39 is 14.8 Å². The zero-order valence-electron chi connectivity index (χ0n) is 19.1. The average Bonchev–Trinajstić information content (AvgIpc) is 2.87. The van der Waals surface area contributed by atoms with Crippen LogP contribution in [0.25, 0.3) is 12.2 Å². The number of anilines is 2. The van der Waals surface area contributed by atoms with Gasteiger partial charge in [-0.1, -0.05) is 59.6 Å². The molecule has 3 aromatic rings. The standard InChI is InChI=1S/C14H10ClN3O2.C7H4ClN3O3.4O.Os/c15-13-12-14(18-11(19)8-20-12)17-10(16-13)7-6-9-4-2-1-3-5-9;8-6-5-7(10-3(1-12)9-6)11-4(13)2-14-5;;;;;/h1-7H,8H2,(H,16,17,18,19);1H,2H2,(H,9,10,11,13);;;;;/b7-6-;;;;;;. The third kappa shape index (κ3) is 9.22. The molecule has 18 heteroatoms. The molecule has 0 atom stereocenters. The number of carbonyl (C=O) groups excluding carboxylic acids is 3. The van der Waals surface area contributed by atoms with E-state index in [1.807, 2.05) is 36.4 Å². The van der Waals surface area contributed by atoms with E-state index in [-0.39, 0.29) is 52.7 Å². The van der Waals surface area contributed by atoms with Crippen molar-refractivity contribution in [2.45, 2.75) is 0 Å². The number of benzene rings is 1. The van der Waals surface area contributed by atoms with Crippen LogP contribution in [-0.2, 0) is 38.6 Å². The summed E-state index contributed by atoms with van der Waals surface area (Å²) in [5.41, 5.74) is 1.02. The van der Waals surface area contributed by atoms with Crippen LogP contribution in [0.5, 0.6) is 11.5 Å². The zero-order valence-corrected chi connectivity index (χ0v) is 23.2. The van der Waals surface area contributed by atoms with Crippen LogP contribution in [0.3, 0.4) is 0 Å². The first-order chi connectivity index (χ1) is 18.4. The number of amides is 2. The van der Waals surface area contributed by atoms with Crippen LogP contribution >= 0.6 is 23.2 Å². The van der Waals surface area contributed by atoms with E-state index in [2.05, 4.69) is 30.6 Å². The second kappa shape index (κ2) is 13.0. The Morgan fingerprint density at radius 1 is 0.744 bits per heavy atom. The summed E-state index contributed by atoms with van der Waals surface area (Å²) in [4.78, 5) is 48.2. The van der Waals surface area contributed by atoms with Crippen molar-refractivity contribution >= 4 is 65.1 Å². The molecule has 0 radical (unpaired) electrons. The van der Waals surface area contributed by atoms with Crippen molar-refractivity contribution in [1.82, 2.24) is 19.9 Å². The zero-order chi connectivity index (χ0) is 28.6. The maximum absolute atomic E-state index is 11.3. The molecule has 0 fully saturated rings. The Morgan fingerprint density at radius 2 is 1.21 bits per heavy atom. The number of aldehydes is 1. The molecule has 0 spiro atoms. The number of nitrogens with one attached hydrogen (secondary N) is 2. The Hall–Kier alpha value is -4.25. The van der Waals surface area contributed by atoms with Crippen LogP contribution in [0.2, 0.25) is 10.3 Å². The van der Waals surface area contributed by atoms with E-state index >= 15 is 0 Å². The van der Waals surface area contributed by atoms with E-state index in [4.69, 9.17) is 46.8 Å². The number of fused-ring (bicyclic) bond motifs is 2. The van der Waals surface area contributed by atoms with Crippen molar-refractivity contribution in [1.29, 1.82) is 0 Å². The number of hydrogen-bond donors (Lipinski definition) is 2. The molecule has 2 N–H and O–H groups in total. The first-order valence-electron chi connectivity index (χ1n) is 10.2. The van der Waals surface area contributed by atoms with E-state index in [1.54, 1.807) is 6.08 Å². The molecule has 0 saturated heterocycles. The summed E-state index contributed by atoms with van der Waals surface area (Å²) < 4.78 is 44.7. The summed E-state index contributed by atoms with van der Waals surface area (Å²) in [6, 6.07) is 9.74. The topological polar surface area (TPSA) is 214 Å². The Balaban J connectivity index is 0.000000192. The molecule has 204 valence electrons. The predicted molar refractivity (Wildman–Crippen MR) is 126 cm³/mol. The van der Waals surface area contributed by atoms with E-state index in [0.717, 1.165) is 5.56 Å². The Bertz CT molecular complexity index is 1660. The van der Waals surface area contributed by atoms with Crippen molar-refractivity contribution in [3.63, 3.8) is 0 Å². The van der Waals surface area contributed by atoms with Gasteiger partial charge >= 0.3 is 29.0 Å². The van der Waals surface area contributed by atoms with Crippen molar-refractivity contribution in [3.8, 4) is 11.5 Å². The molecule has 2 aliphatic rings. The fraction of sp³-hybridized carbons (Fsp3) is 0.0952. The van der Waals surface area contributed by atoms with Gasteiger partial charge in [-0.05, 0) is 11.6 Å². The molecular formula is C21H14Cl2N6O9Os. The van der Waals surface area contributed by atoms with E-state index in [0.29, 0.717) is 23.7 Å². The third-order valence-electron chi connectivity index (χ3n) is 4.22. The van der Waals surface area contributed by atoms with Gasteiger partial charge in [-0.15, -0.1) is 0 Å². The molecule has 39 heavy (non-hydrogen) atoms. The number of aromatic nitrogens is 4. The fourth-order valence-corrected chi connectivity index (χ4v) is 3.24. The summed E-state index contributed by atoms with van der Waals surface area (Å²) in [5.74, 6) is 0.634. The molecule has 5 rings (SSSR count). The summed E-state index contributed by atoms with van der Waals surface area (Å²) >= 11 is 5.65. The van der Waals surface area contributed by atoms with E-state index in [1.165, 1.54) is 0 Å². The quantitative estimate of drug-likeness (QED) is 0.291. The first-order valence-corrected chi connectivity index (χ1v) is 15.1. The second-order valence-electron chi connectivity index (χ2n) is 6.99. The third-order valence-corrected chi connectivity index (χ3v) is 4.74. The summed E-state index contributed by atoms with van der Waals surface area (Å²) in [5, 5.41) is 5.22. The molecule has 0 aliphatic carbocycles. The Kier molecular flexibility index (Phi) is 9.77. The molecule has 2 amide bonds. The van der Waals surface area contributed by atoms with Gasteiger partial charge in [0.1, 0.15) is 0 Å². The van der Waals surface area contributed by atoms with Gasteiger partial charge in [0.25, 0.3) is 11.8 Å². The van der Waals surface area contributed by atoms with Gasteiger partial charge in [0.05, 0.1) is 0 Å². The van der Waals surface area contributed by atoms with Gasteiger partial charge < -0.3 is 20.1 Å².